The van der Waals surface area contributed by atoms with Crippen LogP contribution in [-0.2, 0) is 0 Å². The van der Waals surface area contributed by atoms with Crippen molar-refractivity contribution in [1.29, 1.82) is 0 Å². The minimum Gasteiger partial charge on any atom is -0.312 e. The average Bonchev–Trinajstić information content (AvgIpc) is 3.15. The van der Waals surface area contributed by atoms with Gasteiger partial charge in [-0.05, 0) is 112 Å². The van der Waals surface area contributed by atoms with E-state index in [9.17, 15) is 0 Å². The van der Waals surface area contributed by atoms with Crippen molar-refractivity contribution in [3.05, 3.63) is 152 Å². The zero-order chi connectivity index (χ0) is 31.1. The molecule has 220 valence electrons. The van der Waals surface area contributed by atoms with Crippen LogP contribution < -0.4 is 47.5 Å². The third-order valence-corrected chi connectivity index (χ3v) is 12.2. The van der Waals surface area contributed by atoms with Crippen molar-refractivity contribution in [2.24, 2.45) is 0 Å². The highest BCUT2D eigenvalue weighted by Crippen LogP contribution is 2.48. The number of hydrogen-bond donors (Lipinski definition) is 0. The van der Waals surface area contributed by atoms with Gasteiger partial charge in [-0.15, -0.1) is 0 Å². The van der Waals surface area contributed by atoms with Crippen molar-refractivity contribution >= 4 is 109 Å². The van der Waals surface area contributed by atoms with Gasteiger partial charge >= 0.3 is 0 Å². The van der Waals surface area contributed by atoms with Gasteiger partial charge < -0.3 is 14.7 Å². The molecule has 6 heteroatoms. The first-order chi connectivity index (χ1) is 23.9. The van der Waals surface area contributed by atoms with Gasteiger partial charge in [0, 0.05) is 61.0 Å². The van der Waals surface area contributed by atoms with Crippen LogP contribution in [0.1, 0.15) is 0 Å². The minimum absolute atomic E-state index is 0.132. The Morgan fingerprint density at radius 3 is 1.19 bits per heavy atom. The average molecular weight is 625 g/mol. The minimum atomic E-state index is 0.132. The van der Waals surface area contributed by atoms with E-state index in [0.717, 1.165) is 0 Å². The summed E-state index contributed by atoms with van der Waals surface area (Å²) in [4.78, 5) is 10.3. The first kappa shape index (κ1) is 25.5. The normalized spacial score (nSPS) is 14.8. The van der Waals surface area contributed by atoms with Gasteiger partial charge in [0.15, 0.2) is 0 Å². The summed E-state index contributed by atoms with van der Waals surface area (Å²) in [5.74, 6) is 0. The van der Waals surface area contributed by atoms with E-state index in [1.807, 2.05) is 11.8 Å². The molecule has 5 aliphatic rings. The van der Waals surface area contributed by atoms with Gasteiger partial charge in [-0.1, -0.05) is 84.0 Å². The van der Waals surface area contributed by atoms with Gasteiger partial charge in [-0.25, -0.2) is 0 Å². The second-order valence-electron chi connectivity index (χ2n) is 13.2. The Morgan fingerprint density at radius 2 is 0.667 bits per heavy atom. The molecule has 0 N–H and O–H groups in total. The lowest BCUT2D eigenvalue weighted by Crippen LogP contribution is -2.80. The highest BCUT2D eigenvalue weighted by molar-refractivity contribution is 8.00. The molecule has 0 saturated heterocycles. The Balaban J connectivity index is 1.27. The number of anilines is 9. The second kappa shape index (κ2) is 9.06. The van der Waals surface area contributed by atoms with Gasteiger partial charge in [0.1, 0.15) is 0 Å². The van der Waals surface area contributed by atoms with Crippen LogP contribution in [0.3, 0.4) is 0 Å². The molecule has 0 aromatic heterocycles. The molecule has 0 spiro atoms. The Bertz CT molecular complexity index is 2510. The van der Waals surface area contributed by atoms with E-state index in [-0.39, 0.29) is 13.4 Å². The molecule has 0 fully saturated rings. The van der Waals surface area contributed by atoms with Crippen molar-refractivity contribution in [3.63, 3.8) is 0 Å². The second-order valence-corrected chi connectivity index (χ2v) is 14.3. The molecule has 0 atom stereocenters. The molecule has 0 bridgehead atoms. The largest absolute Gasteiger partial charge is 0.312 e. The molecule has 0 amide bonds. The number of rotatable bonds is 3. The standard InChI is InChI=1S/C42H25B2N3S/c1-4-12-26(13-5-1)45-29-18-10-19-30-37(29)43-39-32(45)22-23-33-40(39)44-38-31(47(33)28-16-8-3-9-17-28)20-11-21-35(38)48-36-25-24-34(41(43)42(36)44)46(30)27-14-6-2-7-15-27/h1-25H. The van der Waals surface area contributed by atoms with E-state index in [2.05, 4.69) is 166 Å². The first-order valence-electron chi connectivity index (χ1n) is 16.7. The fourth-order valence-electron chi connectivity index (χ4n) is 9.37. The van der Waals surface area contributed by atoms with Crippen LogP contribution in [0.2, 0.25) is 0 Å². The predicted molar refractivity (Wildman–Crippen MR) is 204 cm³/mol. The number of hydrogen-bond acceptors (Lipinski definition) is 4. The molecule has 0 unspecified atom stereocenters. The van der Waals surface area contributed by atoms with Gasteiger partial charge in [-0.3, -0.25) is 0 Å². The maximum absolute atomic E-state index is 2.53. The third kappa shape index (κ3) is 3.01. The van der Waals surface area contributed by atoms with Crippen molar-refractivity contribution in [3.8, 4) is 0 Å². The number of para-hydroxylation sites is 3. The Kier molecular flexibility index (Phi) is 4.81. The van der Waals surface area contributed by atoms with Gasteiger partial charge in [0.05, 0.1) is 0 Å². The number of nitrogens with zero attached hydrogens (tertiary/aromatic N) is 3. The fourth-order valence-corrected chi connectivity index (χ4v) is 10.6. The third-order valence-electron chi connectivity index (χ3n) is 11.0. The molecule has 0 saturated carbocycles. The molecule has 3 nitrogen and oxygen atoms in total. The Labute approximate surface area is 284 Å². The smallest absolute Gasteiger partial charge is 0.250 e. The summed E-state index contributed by atoms with van der Waals surface area (Å²) in [6.45, 7) is 0.290. The maximum Gasteiger partial charge on any atom is 0.250 e. The van der Waals surface area contributed by atoms with E-state index in [1.54, 1.807) is 0 Å². The van der Waals surface area contributed by atoms with Crippen molar-refractivity contribution in [2.75, 3.05) is 14.7 Å². The van der Waals surface area contributed by atoms with Crippen molar-refractivity contribution in [2.45, 2.75) is 9.79 Å². The molecule has 48 heavy (non-hydrogen) atoms. The zero-order valence-electron chi connectivity index (χ0n) is 25.8. The monoisotopic (exact) mass is 625 g/mol. The van der Waals surface area contributed by atoms with Crippen LogP contribution in [0.4, 0.5) is 51.2 Å². The van der Waals surface area contributed by atoms with Gasteiger partial charge in [-0.2, -0.15) is 0 Å². The van der Waals surface area contributed by atoms with Crippen LogP contribution in [0.25, 0.3) is 0 Å². The first-order valence-corrected chi connectivity index (χ1v) is 17.5. The topological polar surface area (TPSA) is 9.72 Å². The van der Waals surface area contributed by atoms with Crippen LogP contribution in [0.15, 0.2) is 161 Å². The zero-order valence-corrected chi connectivity index (χ0v) is 26.7. The highest BCUT2D eigenvalue weighted by atomic mass is 32.2. The molecule has 5 heterocycles. The predicted octanol–water partition coefficient (Wildman–Crippen LogP) is 6.85. The summed E-state index contributed by atoms with van der Waals surface area (Å²) in [7, 11) is 0. The number of benzene rings is 7. The van der Waals surface area contributed by atoms with E-state index >= 15 is 0 Å². The Hall–Kier alpha value is -5.58. The molecular weight excluding hydrogens is 600 g/mol. The molecule has 7 aromatic rings. The van der Waals surface area contributed by atoms with E-state index in [0.29, 0.717) is 0 Å². The lowest BCUT2D eigenvalue weighted by Gasteiger charge is -2.51. The maximum atomic E-state index is 2.53. The quantitative estimate of drug-likeness (QED) is 0.199. The summed E-state index contributed by atoms with van der Waals surface area (Å²) in [6.07, 6.45) is 0. The summed E-state index contributed by atoms with van der Waals surface area (Å²) >= 11 is 1.95. The van der Waals surface area contributed by atoms with Gasteiger partial charge in [0.25, 0.3) is 6.71 Å². The van der Waals surface area contributed by atoms with Crippen LogP contribution in [0.5, 0.6) is 0 Å². The molecule has 0 radical (unpaired) electrons. The van der Waals surface area contributed by atoms with E-state index in [4.69, 9.17) is 0 Å². The highest BCUT2D eigenvalue weighted by Gasteiger charge is 2.55. The molecule has 7 aromatic carbocycles. The summed E-state index contributed by atoms with van der Waals surface area (Å²) < 4.78 is 0. The lowest BCUT2D eigenvalue weighted by molar-refractivity contribution is 1.23. The molecule has 12 rings (SSSR count). The fraction of sp³-hybridized carbons (Fsp3) is 0. The van der Waals surface area contributed by atoms with E-state index in [1.165, 1.54) is 93.8 Å². The van der Waals surface area contributed by atoms with Gasteiger partial charge in [0.2, 0.25) is 6.71 Å². The summed E-state index contributed by atoms with van der Waals surface area (Å²) in [5, 5.41) is 0. The summed E-state index contributed by atoms with van der Waals surface area (Å²) in [6, 6.07) is 56.3. The van der Waals surface area contributed by atoms with Crippen molar-refractivity contribution < 1.29 is 0 Å². The van der Waals surface area contributed by atoms with Crippen LogP contribution >= 0.6 is 11.8 Å². The van der Waals surface area contributed by atoms with E-state index < -0.39 is 0 Å². The summed E-state index contributed by atoms with van der Waals surface area (Å²) in [5.41, 5.74) is 20.0. The Morgan fingerprint density at radius 1 is 0.292 bits per heavy atom. The van der Waals surface area contributed by atoms with Crippen LogP contribution in [0, 0.1) is 0 Å². The molecular formula is C42H25B2N3S. The van der Waals surface area contributed by atoms with Crippen molar-refractivity contribution in [1.82, 2.24) is 0 Å². The lowest BCUT2D eigenvalue weighted by atomic mass is 9.18. The van der Waals surface area contributed by atoms with Crippen LogP contribution in [-0.4, -0.2) is 13.4 Å². The molecule has 0 aliphatic carbocycles. The molecule has 5 aliphatic heterocycles. The SMILES string of the molecule is c1ccc(N2c3cccc4c3B3c5c2ccc2c5B5c6c(cccc6N(c6ccccc6)c6ccc(c3c65)N4c3ccccc3)S2)cc1.